The van der Waals surface area contributed by atoms with Crippen LogP contribution in [0.5, 0.6) is 0 Å². The molecule has 0 heterocycles. The highest BCUT2D eigenvalue weighted by Crippen LogP contribution is 2.13. The smallest absolute Gasteiger partial charge is 0.338 e. The van der Waals surface area contributed by atoms with Crippen LogP contribution in [0.1, 0.15) is 17.3 Å². The first-order chi connectivity index (χ1) is 8.13. The molecule has 0 atom stereocenters. The first-order valence-corrected chi connectivity index (χ1v) is 5.58. The zero-order valence-corrected chi connectivity index (χ0v) is 9.98. The number of benzene rings is 1. The van der Waals surface area contributed by atoms with Crippen molar-refractivity contribution in [3.05, 3.63) is 29.8 Å². The Labute approximate surface area is 100 Å². The molecule has 1 rings (SSSR count). The Morgan fingerprint density at radius 3 is 2.24 bits per heavy atom. The number of esters is 1. The monoisotopic (exact) mass is 259 g/mol. The van der Waals surface area contributed by atoms with Crippen molar-refractivity contribution >= 4 is 22.2 Å². The Bertz CT molecular complexity index is 473. The lowest BCUT2D eigenvalue weighted by Gasteiger charge is -2.00. The molecule has 1 aromatic rings. The predicted molar refractivity (Wildman–Crippen MR) is 61.8 cm³/mol. The second-order valence-electron chi connectivity index (χ2n) is 2.58. The second kappa shape index (κ2) is 8.39. The van der Waals surface area contributed by atoms with E-state index in [1.165, 1.54) is 24.3 Å². The molecule has 0 amide bonds. The van der Waals surface area contributed by atoms with E-state index in [1.54, 1.807) is 6.92 Å². The van der Waals surface area contributed by atoms with E-state index >= 15 is 0 Å². The van der Waals surface area contributed by atoms with Crippen LogP contribution in [-0.2, 0) is 15.2 Å². The number of hydrazine groups is 1. The van der Waals surface area contributed by atoms with Gasteiger partial charge < -0.3 is 4.74 Å². The molecule has 0 fully saturated rings. The zero-order valence-electron chi connectivity index (χ0n) is 9.16. The Hall–Kier alpha value is -1.77. The molecule has 0 aliphatic rings. The van der Waals surface area contributed by atoms with E-state index in [4.69, 9.17) is 4.74 Å². The molecule has 0 spiro atoms. The summed E-state index contributed by atoms with van der Waals surface area (Å²) in [4.78, 5) is 11.2. The van der Waals surface area contributed by atoms with Crippen LogP contribution < -0.4 is 11.7 Å². The van der Waals surface area contributed by atoms with Crippen molar-refractivity contribution < 1.29 is 17.9 Å². The van der Waals surface area contributed by atoms with Crippen LogP contribution in [0, 0.1) is 0 Å². The summed E-state index contributed by atoms with van der Waals surface area (Å²) in [7, 11) is -2.48. The van der Waals surface area contributed by atoms with Crippen molar-refractivity contribution in [1.29, 1.82) is 0 Å². The van der Waals surface area contributed by atoms with Gasteiger partial charge in [0.25, 0.3) is 0 Å². The average Bonchev–Trinajstić information content (AvgIpc) is 2.32. The highest BCUT2D eigenvalue weighted by Gasteiger charge is 2.04. The van der Waals surface area contributed by atoms with E-state index in [0.717, 1.165) is 0 Å². The minimum atomic E-state index is -2.48. The summed E-state index contributed by atoms with van der Waals surface area (Å²) in [6.45, 7) is 2.01. The summed E-state index contributed by atoms with van der Waals surface area (Å²) >= 11 is 0. The highest BCUT2D eigenvalue weighted by atomic mass is 32.2. The number of nitrogens with two attached hydrogens (primary N) is 2. The summed E-state index contributed by atoms with van der Waals surface area (Å²) in [5, 5.41) is 0. The van der Waals surface area contributed by atoms with Gasteiger partial charge in [0.15, 0.2) is 0 Å². The van der Waals surface area contributed by atoms with E-state index in [-0.39, 0.29) is 5.69 Å². The lowest BCUT2D eigenvalue weighted by molar-refractivity contribution is 0.0526. The molecular formula is C9H13N3O4S. The second-order valence-corrected chi connectivity index (χ2v) is 3.19. The molecule has 0 aromatic heterocycles. The van der Waals surface area contributed by atoms with E-state index in [2.05, 4.69) is 16.0 Å². The Morgan fingerprint density at radius 1 is 1.29 bits per heavy atom. The lowest BCUT2D eigenvalue weighted by Crippen LogP contribution is -2.03. The molecule has 0 aliphatic heterocycles. The van der Waals surface area contributed by atoms with Crippen LogP contribution in [-0.4, -0.2) is 21.0 Å². The van der Waals surface area contributed by atoms with Gasteiger partial charge >= 0.3 is 16.5 Å². The van der Waals surface area contributed by atoms with Gasteiger partial charge in [-0.25, -0.2) is 4.79 Å². The third-order valence-corrected chi connectivity index (χ3v) is 1.92. The SMILES string of the molecule is CCOC(=O)c1ccc(N=S(=O)=O)cc1.NN. The minimum absolute atomic E-state index is 0.274. The molecular weight excluding hydrogens is 246 g/mol. The van der Waals surface area contributed by atoms with Crippen molar-refractivity contribution in [1.82, 2.24) is 0 Å². The van der Waals surface area contributed by atoms with Crippen LogP contribution in [0.2, 0.25) is 0 Å². The van der Waals surface area contributed by atoms with Crippen LogP contribution in [0.4, 0.5) is 5.69 Å². The lowest BCUT2D eigenvalue weighted by atomic mass is 10.2. The van der Waals surface area contributed by atoms with Crippen LogP contribution in [0.25, 0.3) is 0 Å². The molecule has 0 aliphatic carbocycles. The topological polar surface area (TPSA) is 125 Å². The largest absolute Gasteiger partial charge is 0.462 e. The van der Waals surface area contributed by atoms with Crippen molar-refractivity contribution in [3.63, 3.8) is 0 Å². The standard InChI is InChI=1S/C9H9NO4S.H4N2/c1-2-14-9(11)7-3-5-8(6-4-7)10-15(12)13;1-2/h3-6H,2H2,1H3;1-2H2. The fourth-order valence-corrected chi connectivity index (χ4v) is 1.25. The van der Waals surface area contributed by atoms with Crippen molar-refractivity contribution in [3.8, 4) is 0 Å². The van der Waals surface area contributed by atoms with Gasteiger partial charge in [0.05, 0.1) is 17.9 Å². The number of nitrogens with zero attached hydrogens (tertiary/aromatic N) is 1. The quantitative estimate of drug-likeness (QED) is 0.459. The fraction of sp³-hybridized carbons (Fsp3) is 0.222. The zero-order chi connectivity index (χ0) is 13.3. The number of carbonyl (C=O) groups excluding carboxylic acids is 1. The third kappa shape index (κ3) is 5.76. The van der Waals surface area contributed by atoms with Crippen molar-refractivity contribution in [2.45, 2.75) is 6.92 Å². The number of hydrogen-bond acceptors (Lipinski definition) is 7. The Morgan fingerprint density at radius 2 is 1.82 bits per heavy atom. The number of hydrogen-bond donors (Lipinski definition) is 2. The van der Waals surface area contributed by atoms with E-state index < -0.39 is 16.5 Å². The van der Waals surface area contributed by atoms with Crippen molar-refractivity contribution in [2.24, 2.45) is 16.0 Å². The molecule has 0 saturated heterocycles. The molecule has 0 saturated carbocycles. The summed E-state index contributed by atoms with van der Waals surface area (Å²) in [5.74, 6) is 7.56. The van der Waals surface area contributed by atoms with Gasteiger partial charge in [-0.3, -0.25) is 11.7 Å². The van der Waals surface area contributed by atoms with Gasteiger partial charge in [-0.1, -0.05) is 0 Å². The maximum atomic E-state index is 11.2. The van der Waals surface area contributed by atoms with Gasteiger partial charge in [0, 0.05) is 0 Å². The molecule has 0 bridgehead atoms. The van der Waals surface area contributed by atoms with E-state index in [9.17, 15) is 13.2 Å². The highest BCUT2D eigenvalue weighted by molar-refractivity contribution is 7.61. The molecule has 0 unspecified atom stereocenters. The number of rotatable bonds is 3. The van der Waals surface area contributed by atoms with Crippen LogP contribution >= 0.6 is 0 Å². The van der Waals surface area contributed by atoms with E-state index in [1.807, 2.05) is 0 Å². The maximum absolute atomic E-state index is 11.2. The van der Waals surface area contributed by atoms with Crippen molar-refractivity contribution in [2.75, 3.05) is 6.61 Å². The van der Waals surface area contributed by atoms with Crippen LogP contribution in [0.3, 0.4) is 0 Å². The van der Waals surface area contributed by atoms with Gasteiger partial charge in [0.1, 0.15) is 0 Å². The summed E-state index contributed by atoms with van der Waals surface area (Å²) in [5.41, 5.74) is 0.642. The first-order valence-electron chi connectivity index (χ1n) is 4.55. The summed E-state index contributed by atoms with van der Waals surface area (Å²) in [6, 6.07) is 5.79. The minimum Gasteiger partial charge on any atom is -0.462 e. The van der Waals surface area contributed by atoms with Gasteiger partial charge in [0.2, 0.25) is 0 Å². The molecule has 94 valence electrons. The average molecular weight is 259 g/mol. The Kier molecular flexibility index (Phi) is 7.52. The summed E-state index contributed by atoms with van der Waals surface area (Å²) < 4.78 is 28.5. The Balaban J connectivity index is 0.00000121. The van der Waals surface area contributed by atoms with E-state index in [0.29, 0.717) is 12.2 Å². The normalized spacial score (nSPS) is 8.65. The molecule has 8 heteroatoms. The van der Waals surface area contributed by atoms with Gasteiger partial charge in [-0.2, -0.15) is 8.42 Å². The first kappa shape index (κ1) is 15.2. The van der Waals surface area contributed by atoms with Crippen LogP contribution in [0.15, 0.2) is 28.6 Å². The van der Waals surface area contributed by atoms with Gasteiger partial charge in [-0.05, 0) is 31.2 Å². The number of ether oxygens (including phenoxy) is 1. The maximum Gasteiger partial charge on any atom is 0.338 e. The van der Waals surface area contributed by atoms with Gasteiger partial charge in [-0.15, -0.1) is 4.36 Å². The number of carbonyl (C=O) groups is 1. The summed E-state index contributed by atoms with van der Waals surface area (Å²) in [6.07, 6.45) is 0. The molecule has 17 heavy (non-hydrogen) atoms. The predicted octanol–water partition coefficient (Wildman–Crippen LogP) is 0.376. The molecule has 7 nitrogen and oxygen atoms in total. The molecule has 4 N–H and O–H groups in total. The fourth-order valence-electron chi connectivity index (χ4n) is 0.959. The molecule has 0 radical (unpaired) electrons. The molecule has 1 aromatic carbocycles. The third-order valence-electron chi connectivity index (χ3n) is 1.56.